The van der Waals surface area contributed by atoms with Crippen molar-refractivity contribution < 1.29 is 14.3 Å². The summed E-state index contributed by atoms with van der Waals surface area (Å²) < 4.78 is 13.1. The quantitative estimate of drug-likeness (QED) is 0.148. The van der Waals surface area contributed by atoms with Gasteiger partial charge in [0.15, 0.2) is 0 Å². The summed E-state index contributed by atoms with van der Waals surface area (Å²) in [5, 5.41) is 4.18. The van der Waals surface area contributed by atoms with Crippen LogP contribution in [0, 0.1) is 46.3 Å². The summed E-state index contributed by atoms with van der Waals surface area (Å²) in [5.41, 5.74) is 14.1. The molecule has 3 unspecified atom stereocenters. The number of fused-ring (bicyclic) bond motifs is 4. The van der Waals surface area contributed by atoms with Crippen LogP contribution in [0.25, 0.3) is 10.4 Å². The van der Waals surface area contributed by atoms with Crippen LogP contribution >= 0.6 is 0 Å². The van der Waals surface area contributed by atoms with Crippen LogP contribution in [0.4, 0.5) is 4.79 Å². The number of benzene rings is 1. The zero-order valence-corrected chi connectivity index (χ0v) is 27.8. The highest BCUT2D eigenvalue weighted by atomic mass is 16.6. The van der Waals surface area contributed by atoms with Crippen LogP contribution in [-0.2, 0) is 16.1 Å². The number of ether oxygens (including phenoxy) is 2. The monoisotopic (exact) mass is 612 g/mol. The van der Waals surface area contributed by atoms with Gasteiger partial charge >= 0.3 is 6.09 Å². The first-order valence-electron chi connectivity index (χ1n) is 18.1. The van der Waals surface area contributed by atoms with E-state index in [0.717, 1.165) is 56.0 Å². The van der Waals surface area contributed by atoms with E-state index < -0.39 is 0 Å². The molecule has 242 valence electrons. The van der Waals surface area contributed by atoms with Crippen LogP contribution in [-0.4, -0.2) is 41.3 Å². The van der Waals surface area contributed by atoms with Gasteiger partial charge in [-0.05, 0) is 129 Å². The Morgan fingerprint density at radius 2 is 1.89 bits per heavy atom. The third-order valence-corrected chi connectivity index (χ3v) is 14.9. The summed E-state index contributed by atoms with van der Waals surface area (Å²) >= 11 is 0. The van der Waals surface area contributed by atoms with Crippen LogP contribution in [0.3, 0.4) is 0 Å². The number of hydrogen-bond donors (Lipinski definition) is 0. The van der Waals surface area contributed by atoms with E-state index >= 15 is 0 Å². The molecule has 0 N–H and O–H groups in total. The van der Waals surface area contributed by atoms with E-state index in [9.17, 15) is 4.79 Å². The average Bonchev–Trinajstić information content (AvgIpc) is 3.65. The lowest BCUT2D eigenvalue weighted by Crippen LogP contribution is -2.54. The Morgan fingerprint density at radius 1 is 1.07 bits per heavy atom. The molecule has 4 saturated carbocycles. The zero-order valence-electron chi connectivity index (χ0n) is 27.8. The molecule has 2 heterocycles. The molecule has 45 heavy (non-hydrogen) atoms. The Kier molecular flexibility index (Phi) is 7.15. The van der Waals surface area contributed by atoms with E-state index in [0.29, 0.717) is 35.2 Å². The number of rotatable bonds is 3. The second kappa shape index (κ2) is 10.8. The van der Waals surface area contributed by atoms with Gasteiger partial charge in [0.25, 0.3) is 0 Å². The van der Waals surface area contributed by atoms with E-state index in [1.54, 1.807) is 11.1 Å². The summed E-state index contributed by atoms with van der Waals surface area (Å²) in [4.78, 5) is 18.8. The molecule has 2 spiro atoms. The van der Waals surface area contributed by atoms with Gasteiger partial charge in [0.05, 0.1) is 17.7 Å². The Bertz CT molecular complexity index is 1420. The van der Waals surface area contributed by atoms with Crippen molar-refractivity contribution in [1.82, 2.24) is 4.90 Å². The second-order valence-corrected chi connectivity index (χ2v) is 16.7. The normalized spacial score (nSPS) is 46.5. The summed E-state index contributed by atoms with van der Waals surface area (Å²) in [7, 11) is 0. The van der Waals surface area contributed by atoms with Gasteiger partial charge in [-0.1, -0.05) is 67.4 Å². The first-order valence-corrected chi connectivity index (χ1v) is 18.1. The van der Waals surface area contributed by atoms with Crippen molar-refractivity contribution >= 4 is 6.09 Å². The molecule has 2 aliphatic heterocycles. The number of nitrogens with zero attached hydrogens (tertiary/aromatic N) is 4. The van der Waals surface area contributed by atoms with E-state index in [1.807, 2.05) is 35.2 Å². The molecule has 1 aromatic rings. The summed E-state index contributed by atoms with van der Waals surface area (Å²) in [6.07, 6.45) is 12.9. The third kappa shape index (κ3) is 4.46. The molecule has 1 aromatic carbocycles. The van der Waals surface area contributed by atoms with E-state index in [1.165, 1.54) is 38.5 Å². The van der Waals surface area contributed by atoms with Crippen molar-refractivity contribution in [1.29, 1.82) is 0 Å². The lowest BCUT2D eigenvalue weighted by molar-refractivity contribution is -0.0777. The number of piperidine rings is 1. The molecule has 0 aromatic heterocycles. The van der Waals surface area contributed by atoms with Crippen LogP contribution in [0.5, 0.6) is 0 Å². The van der Waals surface area contributed by atoms with Crippen LogP contribution < -0.4 is 0 Å². The molecule has 12 atom stereocenters. The fourth-order valence-corrected chi connectivity index (χ4v) is 12.7. The molecular weight excluding hydrogens is 560 g/mol. The van der Waals surface area contributed by atoms with Crippen molar-refractivity contribution in [3.05, 3.63) is 57.5 Å². The fraction of sp³-hybridized carbons (Fsp3) is 0.763. The predicted octanol–water partition coefficient (Wildman–Crippen LogP) is 9.23. The highest BCUT2D eigenvalue weighted by Crippen LogP contribution is 2.83. The molecule has 8 rings (SSSR count). The van der Waals surface area contributed by atoms with Crippen LogP contribution in [0.1, 0.15) is 104 Å². The Hall–Kier alpha value is -2.50. The molecule has 5 aliphatic carbocycles. The van der Waals surface area contributed by atoms with Gasteiger partial charge in [-0.25, -0.2) is 4.79 Å². The van der Waals surface area contributed by atoms with Crippen LogP contribution in [0.15, 0.2) is 46.6 Å². The van der Waals surface area contributed by atoms with Gasteiger partial charge in [-0.3, -0.25) is 0 Å². The standard InChI is InChI=1S/C38H52N4O3/c1-23-16-33-34(42(21-23)35(43)44-22-26-8-6-5-7-9-26)25(3)37(45-33)15-12-27-17-32-31-11-10-28-18-29(40-41-39)13-14-36(28,4)38(31,32)20-30(27)24(2)19-37/h5-9,23,25,27-29,31-34H,10-22H2,1-4H3/t23-,25+,27-,28+,29?,31?,32?,33+,34-,36-,37-,38-/m0/s1. The van der Waals surface area contributed by atoms with Crippen molar-refractivity contribution in [2.45, 2.75) is 129 Å². The molecule has 1 amide bonds. The fourth-order valence-electron chi connectivity index (χ4n) is 12.7. The smallest absolute Gasteiger partial charge is 0.410 e. The van der Waals surface area contributed by atoms with Crippen molar-refractivity contribution in [2.24, 2.45) is 51.5 Å². The first kappa shape index (κ1) is 29.9. The topological polar surface area (TPSA) is 87.5 Å². The Labute approximate surface area is 269 Å². The zero-order chi connectivity index (χ0) is 31.1. The second-order valence-electron chi connectivity index (χ2n) is 16.7. The first-order chi connectivity index (χ1) is 21.7. The predicted molar refractivity (Wildman–Crippen MR) is 174 cm³/mol. The highest BCUT2D eigenvalue weighted by molar-refractivity contribution is 5.68. The van der Waals surface area contributed by atoms with Crippen molar-refractivity contribution in [3.8, 4) is 0 Å². The average molecular weight is 613 g/mol. The van der Waals surface area contributed by atoms with Gasteiger partial charge in [-0.2, -0.15) is 0 Å². The van der Waals surface area contributed by atoms with Crippen LogP contribution in [0.2, 0.25) is 0 Å². The molecule has 7 heteroatoms. The Morgan fingerprint density at radius 3 is 2.69 bits per heavy atom. The summed E-state index contributed by atoms with van der Waals surface area (Å²) in [5.74, 6) is 3.77. The van der Waals surface area contributed by atoms with Crippen molar-refractivity contribution in [2.75, 3.05) is 6.54 Å². The molecular formula is C38H52N4O3. The lowest BCUT2D eigenvalue weighted by Gasteiger charge is -2.54. The highest BCUT2D eigenvalue weighted by Gasteiger charge is 2.76. The number of amides is 1. The minimum absolute atomic E-state index is 0.0723. The number of allylic oxidation sites excluding steroid dienone is 1. The summed E-state index contributed by atoms with van der Waals surface area (Å²) in [6, 6.07) is 10.3. The number of likely N-dealkylation sites (tertiary alicyclic amines) is 1. The van der Waals surface area contributed by atoms with Crippen molar-refractivity contribution in [3.63, 3.8) is 0 Å². The SMILES string of the molecule is CC1=C2C[C@@]34C(CC[C@@H]5CC(N=[N+]=[N-])CC[C@@]53C)C4C[C@@H]2CC[C@@]2(C1)O[C@@H]1C[C@H](C)CN(C(=O)OCc3ccccc3)[C@H]1[C@H]2C. The van der Waals surface area contributed by atoms with E-state index in [4.69, 9.17) is 15.0 Å². The van der Waals surface area contributed by atoms with Gasteiger partial charge in [0, 0.05) is 23.4 Å². The minimum atomic E-state index is -0.209. The number of carbonyl (C=O) groups is 1. The maximum absolute atomic E-state index is 13.6. The van der Waals surface area contributed by atoms with E-state index in [2.05, 4.69) is 37.7 Å². The molecule has 0 radical (unpaired) electrons. The lowest BCUT2D eigenvalue weighted by atomic mass is 9.51. The Balaban J connectivity index is 1.03. The van der Waals surface area contributed by atoms with E-state index in [-0.39, 0.29) is 35.8 Å². The number of azide groups is 1. The molecule has 0 bridgehead atoms. The van der Waals surface area contributed by atoms with Gasteiger partial charge < -0.3 is 14.4 Å². The number of carbonyl (C=O) groups excluding carboxylic acids is 1. The molecule has 7 aliphatic rings. The largest absolute Gasteiger partial charge is 0.445 e. The molecule has 6 fully saturated rings. The van der Waals surface area contributed by atoms with Gasteiger partial charge in [0.2, 0.25) is 0 Å². The van der Waals surface area contributed by atoms with Gasteiger partial charge in [-0.15, -0.1) is 0 Å². The maximum atomic E-state index is 13.6. The third-order valence-electron chi connectivity index (χ3n) is 14.9. The summed E-state index contributed by atoms with van der Waals surface area (Å²) in [6.45, 7) is 10.7. The minimum Gasteiger partial charge on any atom is -0.445 e. The molecule has 2 saturated heterocycles. The van der Waals surface area contributed by atoms with Gasteiger partial charge in [0.1, 0.15) is 6.61 Å². The molecule has 7 nitrogen and oxygen atoms in total. The maximum Gasteiger partial charge on any atom is 0.410 e. The number of hydrogen-bond acceptors (Lipinski definition) is 4.